The molecule has 2 amide bonds. The van der Waals surface area contributed by atoms with Gasteiger partial charge < -0.3 is 24.6 Å². The summed E-state index contributed by atoms with van der Waals surface area (Å²) >= 11 is 0. The van der Waals surface area contributed by atoms with E-state index in [0.717, 1.165) is 4.90 Å². The summed E-state index contributed by atoms with van der Waals surface area (Å²) in [6.45, 7) is 18.1. The molecule has 0 bridgehead atoms. The number of aliphatic carboxylic acids is 1. The van der Waals surface area contributed by atoms with Crippen LogP contribution in [0, 0.1) is 11.8 Å². The van der Waals surface area contributed by atoms with Crippen LogP contribution in [-0.2, 0) is 14.3 Å². The number of rotatable bonds is 6. The van der Waals surface area contributed by atoms with Gasteiger partial charge in [0.15, 0.2) is 0 Å². The maximum Gasteiger partial charge on any atom is 0.410 e. The molecule has 0 aliphatic rings. The van der Waals surface area contributed by atoms with E-state index >= 15 is 0 Å². The highest BCUT2D eigenvalue weighted by atomic mass is 16.6. The molecule has 31 heavy (non-hydrogen) atoms. The number of likely N-dealkylation sites (N-methyl/N-ethyl adjacent to an activating group) is 2. The summed E-state index contributed by atoms with van der Waals surface area (Å²) in [5.41, 5.74) is -1.12. The van der Waals surface area contributed by atoms with Gasteiger partial charge in [0.25, 0.3) is 0 Å². The van der Waals surface area contributed by atoms with Crippen molar-refractivity contribution in [3.63, 3.8) is 0 Å². The van der Waals surface area contributed by atoms with Crippen LogP contribution < -0.4 is 0 Å². The molecule has 2 atom stereocenters. The molecule has 184 valence electrons. The molecule has 0 rings (SSSR count). The van der Waals surface area contributed by atoms with E-state index in [9.17, 15) is 14.4 Å². The van der Waals surface area contributed by atoms with Crippen molar-refractivity contribution in [1.82, 2.24) is 9.80 Å². The largest absolute Gasteiger partial charge is 0.480 e. The lowest BCUT2D eigenvalue weighted by molar-refractivity contribution is -0.144. The van der Waals surface area contributed by atoms with E-state index in [0.29, 0.717) is 0 Å². The van der Waals surface area contributed by atoms with Gasteiger partial charge in [-0.05, 0) is 53.4 Å². The molecule has 0 fully saturated rings. The van der Waals surface area contributed by atoms with Crippen molar-refractivity contribution < 1.29 is 34.1 Å². The van der Waals surface area contributed by atoms with Gasteiger partial charge in [0.2, 0.25) is 0 Å². The van der Waals surface area contributed by atoms with Crippen molar-refractivity contribution in [2.45, 2.75) is 92.5 Å². The molecule has 0 heterocycles. The first kappa shape index (κ1) is 31.2. The van der Waals surface area contributed by atoms with E-state index in [1.54, 1.807) is 41.7 Å². The Hall–Kier alpha value is -2.03. The third-order valence-electron chi connectivity index (χ3n) is 4.12. The number of ether oxygens (including phenoxy) is 2. The van der Waals surface area contributed by atoms with Crippen LogP contribution in [0.15, 0.2) is 0 Å². The topological polar surface area (TPSA) is 117 Å². The summed E-state index contributed by atoms with van der Waals surface area (Å²) in [5, 5.41) is 18.2. The number of nitrogens with zero attached hydrogens (tertiary/aromatic N) is 2. The van der Waals surface area contributed by atoms with E-state index in [1.807, 2.05) is 34.6 Å². The summed E-state index contributed by atoms with van der Waals surface area (Å²) < 4.78 is 10.3. The first-order valence-electron chi connectivity index (χ1n) is 10.5. The average molecular weight is 449 g/mol. The minimum absolute atomic E-state index is 0.0482. The van der Waals surface area contributed by atoms with Gasteiger partial charge >= 0.3 is 18.2 Å². The first-order chi connectivity index (χ1) is 13.7. The van der Waals surface area contributed by atoms with Gasteiger partial charge in [0, 0.05) is 14.1 Å². The second-order valence-corrected chi connectivity index (χ2v) is 10.2. The Labute approximate surface area is 187 Å². The quantitative estimate of drug-likeness (QED) is 0.634. The SMILES string of the molecule is CC(C)[C@@H](C(=O)O)N(C)C(=O)OC(C)(C)C.CC(C)[C@@H](CO)N(C)C(=O)OC(C)(C)C. The van der Waals surface area contributed by atoms with Crippen LogP contribution in [0.5, 0.6) is 0 Å². The molecule has 0 saturated heterocycles. The summed E-state index contributed by atoms with van der Waals surface area (Å²) in [7, 11) is 3.09. The number of carboxylic acid groups (broad SMARTS) is 1. The number of amides is 2. The molecule has 0 aromatic carbocycles. The molecule has 9 nitrogen and oxygen atoms in total. The van der Waals surface area contributed by atoms with Gasteiger partial charge in [-0.1, -0.05) is 27.7 Å². The average Bonchev–Trinajstić information content (AvgIpc) is 2.51. The van der Waals surface area contributed by atoms with E-state index in [1.165, 1.54) is 11.9 Å². The van der Waals surface area contributed by atoms with Crippen LogP contribution in [0.2, 0.25) is 0 Å². The van der Waals surface area contributed by atoms with Crippen molar-refractivity contribution in [2.75, 3.05) is 20.7 Å². The molecular formula is C22H44N2O7. The highest BCUT2D eigenvalue weighted by molar-refractivity contribution is 5.80. The molecule has 0 aromatic heterocycles. The zero-order valence-corrected chi connectivity index (χ0v) is 21.3. The van der Waals surface area contributed by atoms with Gasteiger partial charge in [-0.15, -0.1) is 0 Å². The molecule has 2 N–H and O–H groups in total. The smallest absolute Gasteiger partial charge is 0.410 e. The molecule has 0 aromatic rings. The molecular weight excluding hydrogens is 404 g/mol. The fourth-order valence-corrected chi connectivity index (χ4v) is 2.60. The lowest BCUT2D eigenvalue weighted by Gasteiger charge is -2.31. The minimum atomic E-state index is -1.02. The predicted octanol–water partition coefficient (Wildman–Crippen LogP) is 3.83. The number of aliphatic hydroxyl groups is 1. The van der Waals surface area contributed by atoms with Crippen LogP contribution >= 0.6 is 0 Å². The number of hydrogen-bond donors (Lipinski definition) is 2. The van der Waals surface area contributed by atoms with E-state index < -0.39 is 35.4 Å². The predicted molar refractivity (Wildman–Crippen MR) is 120 cm³/mol. The molecule has 0 radical (unpaired) electrons. The Morgan fingerprint density at radius 2 is 1.13 bits per heavy atom. The van der Waals surface area contributed by atoms with Crippen LogP contribution in [-0.4, -0.2) is 82.2 Å². The van der Waals surface area contributed by atoms with Gasteiger partial charge in [0.05, 0.1) is 12.6 Å². The lowest BCUT2D eigenvalue weighted by Crippen LogP contribution is -2.47. The third kappa shape index (κ3) is 13.1. The maximum absolute atomic E-state index is 11.7. The molecule has 0 aliphatic carbocycles. The number of carbonyl (C=O) groups is 3. The Bertz CT molecular complexity index is 577. The standard InChI is InChI=1S/C11H21NO4.C11H23NO3/c1-7(2)8(9(13)14)12(6)10(15)16-11(3,4)5;1-8(2)9(7-13)12(6)10(14)15-11(3,4)5/h7-8H,1-6H3,(H,13,14);8-9,13H,7H2,1-6H3/t8-;9-/m01/s1. The lowest BCUT2D eigenvalue weighted by atomic mass is 10.0. The Kier molecular flexibility index (Phi) is 12.8. The minimum Gasteiger partial charge on any atom is -0.480 e. The highest BCUT2D eigenvalue weighted by Gasteiger charge is 2.32. The van der Waals surface area contributed by atoms with Gasteiger partial charge in [-0.3, -0.25) is 4.90 Å². The molecule has 0 saturated carbocycles. The second-order valence-electron chi connectivity index (χ2n) is 10.2. The summed E-state index contributed by atoms with van der Waals surface area (Å²) in [6.07, 6.45) is -1.01. The van der Waals surface area contributed by atoms with Gasteiger partial charge in [0.1, 0.15) is 17.2 Å². The fourth-order valence-electron chi connectivity index (χ4n) is 2.60. The summed E-state index contributed by atoms with van der Waals surface area (Å²) in [5.74, 6) is -0.995. The zero-order valence-electron chi connectivity index (χ0n) is 21.3. The van der Waals surface area contributed by atoms with E-state index in [2.05, 4.69) is 0 Å². The monoisotopic (exact) mass is 448 g/mol. The van der Waals surface area contributed by atoms with Crippen LogP contribution in [0.4, 0.5) is 9.59 Å². The Morgan fingerprint density at radius 1 is 0.774 bits per heavy atom. The molecule has 0 unspecified atom stereocenters. The fraction of sp³-hybridized carbons (Fsp3) is 0.864. The molecule has 9 heteroatoms. The number of carbonyl (C=O) groups excluding carboxylic acids is 2. The number of hydrogen-bond acceptors (Lipinski definition) is 6. The highest BCUT2D eigenvalue weighted by Crippen LogP contribution is 2.15. The maximum atomic E-state index is 11.7. The summed E-state index contributed by atoms with van der Waals surface area (Å²) in [4.78, 5) is 36.9. The Balaban J connectivity index is 0. The zero-order chi connectivity index (χ0) is 25.3. The van der Waals surface area contributed by atoms with Crippen molar-refractivity contribution >= 4 is 18.2 Å². The van der Waals surface area contributed by atoms with Crippen molar-refractivity contribution in [3.05, 3.63) is 0 Å². The normalized spacial score (nSPS) is 13.6. The first-order valence-corrected chi connectivity index (χ1v) is 10.5. The van der Waals surface area contributed by atoms with Crippen LogP contribution in [0.1, 0.15) is 69.2 Å². The third-order valence-corrected chi connectivity index (χ3v) is 4.12. The van der Waals surface area contributed by atoms with Crippen molar-refractivity contribution in [3.8, 4) is 0 Å². The van der Waals surface area contributed by atoms with Crippen molar-refractivity contribution in [2.24, 2.45) is 11.8 Å². The second kappa shape index (κ2) is 12.7. The van der Waals surface area contributed by atoms with E-state index in [4.69, 9.17) is 19.7 Å². The Morgan fingerprint density at radius 3 is 1.35 bits per heavy atom. The van der Waals surface area contributed by atoms with Crippen molar-refractivity contribution in [1.29, 1.82) is 0 Å². The summed E-state index contributed by atoms with van der Waals surface area (Å²) in [6, 6.07) is -1.06. The molecule has 0 spiro atoms. The number of carboxylic acids is 1. The molecule has 0 aliphatic heterocycles. The van der Waals surface area contributed by atoms with Crippen LogP contribution in [0.3, 0.4) is 0 Å². The number of aliphatic hydroxyl groups excluding tert-OH is 1. The van der Waals surface area contributed by atoms with E-state index in [-0.39, 0.29) is 24.5 Å². The van der Waals surface area contributed by atoms with Gasteiger partial charge in [-0.2, -0.15) is 0 Å². The van der Waals surface area contributed by atoms with Gasteiger partial charge in [-0.25, -0.2) is 14.4 Å². The van der Waals surface area contributed by atoms with Crippen LogP contribution in [0.25, 0.3) is 0 Å².